The maximum Gasteiger partial charge on any atom is 0.218 e. The molecule has 1 aromatic heterocycles. The highest BCUT2D eigenvalue weighted by atomic mass is 16.5. The lowest BCUT2D eigenvalue weighted by atomic mass is 10.5. The molecule has 72 valence electrons. The normalized spacial score (nSPS) is 9.69. The predicted octanol–water partition coefficient (Wildman–Crippen LogP) is 0.246. The predicted molar refractivity (Wildman–Crippen MR) is 50.7 cm³/mol. The molecule has 5 heteroatoms. The van der Waals surface area contributed by atoms with E-state index in [0.717, 1.165) is 5.82 Å². The lowest BCUT2D eigenvalue weighted by Gasteiger charge is -2.05. The van der Waals surface area contributed by atoms with Crippen LogP contribution < -0.4 is 15.8 Å². The average Bonchev–Trinajstić information content (AvgIpc) is 2.16. The minimum absolute atomic E-state index is 0.577. The van der Waals surface area contributed by atoms with Gasteiger partial charge in [-0.2, -0.15) is 0 Å². The summed E-state index contributed by atoms with van der Waals surface area (Å²) in [7, 11) is 0. The molecule has 0 aliphatic rings. The maximum atomic E-state index is 5.34. The summed E-state index contributed by atoms with van der Waals surface area (Å²) in [5.74, 6) is 1.32. The molecule has 3 N–H and O–H groups in total. The molecule has 0 atom stereocenters. The van der Waals surface area contributed by atoms with Crippen molar-refractivity contribution in [2.45, 2.75) is 6.92 Å². The summed E-state index contributed by atoms with van der Waals surface area (Å²) in [6.07, 6.45) is 1.46. The van der Waals surface area contributed by atoms with Crippen molar-refractivity contribution in [1.29, 1.82) is 0 Å². The van der Waals surface area contributed by atoms with Gasteiger partial charge in [-0.3, -0.25) is 0 Å². The summed E-state index contributed by atoms with van der Waals surface area (Å²) in [4.78, 5) is 7.93. The number of hydrogen-bond acceptors (Lipinski definition) is 5. The van der Waals surface area contributed by atoms with Crippen molar-refractivity contribution in [2.75, 3.05) is 25.0 Å². The number of hydrogen-bond donors (Lipinski definition) is 2. The number of anilines is 1. The molecule has 0 bridgehead atoms. The smallest absolute Gasteiger partial charge is 0.218 e. The number of nitrogens with zero attached hydrogens (tertiary/aromatic N) is 2. The van der Waals surface area contributed by atoms with Crippen LogP contribution in [-0.2, 0) is 0 Å². The number of nitrogens with two attached hydrogens (primary N) is 1. The van der Waals surface area contributed by atoms with E-state index < -0.39 is 0 Å². The van der Waals surface area contributed by atoms with E-state index in [9.17, 15) is 0 Å². The van der Waals surface area contributed by atoms with E-state index in [1.54, 1.807) is 6.07 Å². The van der Waals surface area contributed by atoms with Crippen LogP contribution in [0.5, 0.6) is 5.88 Å². The Morgan fingerprint density at radius 2 is 2.38 bits per heavy atom. The topological polar surface area (TPSA) is 73.1 Å². The Balaban J connectivity index is 2.56. The Hall–Kier alpha value is -1.36. The molecule has 0 spiro atoms. The standard InChI is InChI=1S/C8H14N4O/c1-2-13-8-5-7(10-4-3-9)11-6-12-8/h5-6H,2-4,9H2,1H3,(H,10,11,12). The fourth-order valence-electron chi connectivity index (χ4n) is 0.863. The molecule has 0 saturated heterocycles. The SMILES string of the molecule is CCOc1cc(NCCN)ncn1. The van der Waals surface area contributed by atoms with Gasteiger partial charge in [0.25, 0.3) is 0 Å². The Morgan fingerprint density at radius 3 is 3.08 bits per heavy atom. The minimum atomic E-state index is 0.577. The zero-order chi connectivity index (χ0) is 9.52. The van der Waals surface area contributed by atoms with Crippen molar-refractivity contribution in [2.24, 2.45) is 5.73 Å². The highest BCUT2D eigenvalue weighted by Crippen LogP contribution is 2.09. The van der Waals surface area contributed by atoms with Gasteiger partial charge in [0.1, 0.15) is 12.1 Å². The minimum Gasteiger partial charge on any atom is -0.478 e. The van der Waals surface area contributed by atoms with Gasteiger partial charge in [0.2, 0.25) is 5.88 Å². The van der Waals surface area contributed by atoms with E-state index in [1.165, 1.54) is 6.33 Å². The Bertz CT molecular complexity index is 254. The fourth-order valence-corrected chi connectivity index (χ4v) is 0.863. The molecule has 0 unspecified atom stereocenters. The number of ether oxygens (including phenoxy) is 1. The van der Waals surface area contributed by atoms with Crippen molar-refractivity contribution in [3.63, 3.8) is 0 Å². The number of rotatable bonds is 5. The molecule has 5 nitrogen and oxygen atoms in total. The van der Waals surface area contributed by atoms with Gasteiger partial charge in [-0.25, -0.2) is 9.97 Å². The zero-order valence-corrected chi connectivity index (χ0v) is 7.66. The lowest BCUT2D eigenvalue weighted by molar-refractivity contribution is 0.326. The van der Waals surface area contributed by atoms with E-state index >= 15 is 0 Å². The second-order valence-corrected chi connectivity index (χ2v) is 2.39. The molecule has 1 heterocycles. The van der Waals surface area contributed by atoms with Crippen LogP contribution in [0.4, 0.5) is 5.82 Å². The maximum absolute atomic E-state index is 5.34. The summed E-state index contributed by atoms with van der Waals surface area (Å²) in [6.45, 7) is 3.79. The van der Waals surface area contributed by atoms with Crippen molar-refractivity contribution in [3.05, 3.63) is 12.4 Å². The van der Waals surface area contributed by atoms with Crippen LogP contribution >= 0.6 is 0 Å². The third-order valence-electron chi connectivity index (χ3n) is 1.38. The molecule has 0 saturated carbocycles. The molecule has 13 heavy (non-hydrogen) atoms. The monoisotopic (exact) mass is 182 g/mol. The zero-order valence-electron chi connectivity index (χ0n) is 7.66. The molecule has 0 aromatic carbocycles. The third-order valence-corrected chi connectivity index (χ3v) is 1.38. The Kier molecular flexibility index (Phi) is 3.98. The van der Waals surface area contributed by atoms with Gasteiger partial charge in [0.15, 0.2) is 0 Å². The van der Waals surface area contributed by atoms with E-state index in [-0.39, 0.29) is 0 Å². The van der Waals surface area contributed by atoms with Crippen molar-refractivity contribution >= 4 is 5.82 Å². The number of nitrogens with one attached hydrogen (secondary N) is 1. The van der Waals surface area contributed by atoms with E-state index in [4.69, 9.17) is 10.5 Å². The Labute approximate surface area is 77.3 Å². The molecule has 1 aromatic rings. The summed E-state index contributed by atoms with van der Waals surface area (Å²) >= 11 is 0. The van der Waals surface area contributed by atoms with E-state index in [1.807, 2.05) is 6.92 Å². The molecule has 0 fully saturated rings. The van der Waals surface area contributed by atoms with Crippen LogP contribution in [0.1, 0.15) is 6.92 Å². The fraction of sp³-hybridized carbons (Fsp3) is 0.500. The van der Waals surface area contributed by atoms with E-state index in [0.29, 0.717) is 25.6 Å². The molecule has 0 aliphatic heterocycles. The van der Waals surface area contributed by atoms with Gasteiger partial charge in [-0.15, -0.1) is 0 Å². The van der Waals surface area contributed by atoms with Crippen LogP contribution in [0.2, 0.25) is 0 Å². The summed E-state index contributed by atoms with van der Waals surface area (Å²) in [5.41, 5.74) is 5.34. The van der Waals surface area contributed by atoms with Gasteiger partial charge in [0, 0.05) is 19.2 Å². The molecule has 0 radical (unpaired) electrons. The average molecular weight is 182 g/mol. The van der Waals surface area contributed by atoms with Gasteiger partial charge >= 0.3 is 0 Å². The van der Waals surface area contributed by atoms with E-state index in [2.05, 4.69) is 15.3 Å². The first-order valence-corrected chi connectivity index (χ1v) is 4.25. The van der Waals surface area contributed by atoms with Crippen LogP contribution in [0, 0.1) is 0 Å². The second kappa shape index (κ2) is 5.31. The van der Waals surface area contributed by atoms with Crippen LogP contribution in [0.25, 0.3) is 0 Å². The number of aromatic nitrogens is 2. The van der Waals surface area contributed by atoms with Gasteiger partial charge in [-0.05, 0) is 6.92 Å². The quantitative estimate of drug-likeness (QED) is 0.682. The Morgan fingerprint density at radius 1 is 1.54 bits per heavy atom. The third kappa shape index (κ3) is 3.25. The van der Waals surface area contributed by atoms with Gasteiger partial charge in [-0.1, -0.05) is 0 Å². The summed E-state index contributed by atoms with van der Waals surface area (Å²) in [5, 5.41) is 3.04. The molecular formula is C8H14N4O. The highest BCUT2D eigenvalue weighted by Gasteiger charge is 1.96. The molecule has 0 aliphatic carbocycles. The van der Waals surface area contributed by atoms with Crippen LogP contribution in [0.15, 0.2) is 12.4 Å². The molecule has 1 rings (SSSR count). The lowest BCUT2D eigenvalue weighted by Crippen LogP contribution is -2.14. The highest BCUT2D eigenvalue weighted by molar-refractivity contribution is 5.36. The van der Waals surface area contributed by atoms with Crippen molar-refractivity contribution < 1.29 is 4.74 Å². The van der Waals surface area contributed by atoms with Crippen LogP contribution in [-0.4, -0.2) is 29.7 Å². The van der Waals surface area contributed by atoms with Gasteiger partial charge in [0.05, 0.1) is 6.61 Å². The summed E-state index contributed by atoms with van der Waals surface area (Å²) < 4.78 is 5.20. The molecular weight excluding hydrogens is 168 g/mol. The molecule has 0 amide bonds. The van der Waals surface area contributed by atoms with Gasteiger partial charge < -0.3 is 15.8 Å². The van der Waals surface area contributed by atoms with Crippen molar-refractivity contribution in [1.82, 2.24) is 9.97 Å². The largest absolute Gasteiger partial charge is 0.478 e. The van der Waals surface area contributed by atoms with Crippen molar-refractivity contribution in [3.8, 4) is 5.88 Å². The summed E-state index contributed by atoms with van der Waals surface area (Å²) in [6, 6.07) is 1.75. The first-order valence-electron chi connectivity index (χ1n) is 4.25. The first-order chi connectivity index (χ1) is 6.36. The van der Waals surface area contributed by atoms with Crippen LogP contribution in [0.3, 0.4) is 0 Å². The first kappa shape index (κ1) is 9.73. The second-order valence-electron chi connectivity index (χ2n) is 2.39.